The molecule has 2 rings (SSSR count). The van der Waals surface area contributed by atoms with Crippen LogP contribution in [0.4, 0.5) is 18.9 Å². The third kappa shape index (κ3) is 4.79. The fourth-order valence-electron chi connectivity index (χ4n) is 1.57. The lowest BCUT2D eigenvalue weighted by atomic mass is 10.2. The zero-order valence-corrected chi connectivity index (χ0v) is 13.1. The summed E-state index contributed by atoms with van der Waals surface area (Å²) in [6.07, 6.45) is -3.58. The van der Waals surface area contributed by atoms with Gasteiger partial charge in [-0.1, -0.05) is 18.2 Å². The van der Waals surface area contributed by atoms with Crippen molar-refractivity contribution >= 4 is 34.5 Å². The normalized spacial score (nSPS) is 11.6. The van der Waals surface area contributed by atoms with Crippen molar-refractivity contribution in [1.29, 1.82) is 0 Å². The number of phenols is 1. The predicted octanol–water partition coefficient (Wildman–Crippen LogP) is 4.34. The number of phenolic OH excluding ortho intramolecular Hbond substituents is 1. The summed E-state index contributed by atoms with van der Waals surface area (Å²) in [5.74, 6) is -0.593. The summed E-state index contributed by atoms with van der Waals surface area (Å²) < 4.78 is 40.8. The standard InChI is InChI=1S/C14H10F3IN2O2/c15-14(16,17)22-11-6-9(13(21)12(18)7-11)8-19-20-10-4-2-1-3-5-10/h1-8,20-21H. The minimum atomic E-state index is -4.79. The van der Waals surface area contributed by atoms with E-state index in [9.17, 15) is 18.3 Å². The van der Waals surface area contributed by atoms with E-state index in [0.717, 1.165) is 12.1 Å². The molecule has 2 N–H and O–H groups in total. The van der Waals surface area contributed by atoms with Crippen LogP contribution in [0.3, 0.4) is 0 Å². The zero-order valence-electron chi connectivity index (χ0n) is 10.9. The van der Waals surface area contributed by atoms with Crippen molar-refractivity contribution in [1.82, 2.24) is 0 Å². The number of rotatable bonds is 4. The predicted molar refractivity (Wildman–Crippen MR) is 85.2 cm³/mol. The minimum Gasteiger partial charge on any atom is -0.506 e. The fourth-order valence-corrected chi connectivity index (χ4v) is 2.19. The molecule has 0 radical (unpaired) electrons. The van der Waals surface area contributed by atoms with Gasteiger partial charge in [0, 0.05) is 5.56 Å². The van der Waals surface area contributed by atoms with Crippen LogP contribution in [0.1, 0.15) is 5.56 Å². The van der Waals surface area contributed by atoms with Crippen molar-refractivity contribution in [3.05, 3.63) is 51.6 Å². The number of nitrogens with zero attached hydrogens (tertiary/aromatic N) is 1. The Morgan fingerprint density at radius 1 is 1.18 bits per heavy atom. The van der Waals surface area contributed by atoms with Gasteiger partial charge in [-0.25, -0.2) is 0 Å². The summed E-state index contributed by atoms with van der Waals surface area (Å²) in [6.45, 7) is 0. The van der Waals surface area contributed by atoms with Gasteiger partial charge in [0.2, 0.25) is 0 Å². The van der Waals surface area contributed by atoms with E-state index in [1.807, 2.05) is 6.07 Å². The second-order valence-electron chi connectivity index (χ2n) is 4.13. The van der Waals surface area contributed by atoms with Crippen LogP contribution >= 0.6 is 22.6 Å². The fraction of sp³-hybridized carbons (Fsp3) is 0.0714. The molecule has 0 atom stereocenters. The second-order valence-corrected chi connectivity index (χ2v) is 5.29. The van der Waals surface area contributed by atoms with Crippen LogP contribution < -0.4 is 10.2 Å². The van der Waals surface area contributed by atoms with Gasteiger partial charge in [-0.15, -0.1) is 13.2 Å². The number of hydrogen-bond donors (Lipinski definition) is 2. The van der Waals surface area contributed by atoms with Gasteiger partial charge < -0.3 is 9.84 Å². The molecule has 4 nitrogen and oxygen atoms in total. The molecule has 2 aromatic carbocycles. The molecule has 0 unspecified atom stereocenters. The van der Waals surface area contributed by atoms with Crippen molar-refractivity contribution in [3.63, 3.8) is 0 Å². The highest BCUT2D eigenvalue weighted by Gasteiger charge is 2.31. The third-order valence-corrected chi connectivity index (χ3v) is 3.29. The lowest BCUT2D eigenvalue weighted by Crippen LogP contribution is -2.17. The third-order valence-electron chi connectivity index (χ3n) is 2.47. The maximum absolute atomic E-state index is 12.2. The number of hydrogen-bond acceptors (Lipinski definition) is 4. The van der Waals surface area contributed by atoms with E-state index in [1.54, 1.807) is 46.9 Å². The van der Waals surface area contributed by atoms with Gasteiger partial charge in [0.25, 0.3) is 0 Å². The van der Waals surface area contributed by atoms with Crippen molar-refractivity contribution in [2.24, 2.45) is 5.10 Å². The van der Waals surface area contributed by atoms with Gasteiger partial charge in [0.1, 0.15) is 11.5 Å². The monoisotopic (exact) mass is 422 g/mol. The second kappa shape index (κ2) is 6.86. The Balaban J connectivity index is 2.19. The maximum atomic E-state index is 12.2. The van der Waals surface area contributed by atoms with Crippen LogP contribution in [0.15, 0.2) is 47.6 Å². The van der Waals surface area contributed by atoms with Gasteiger partial charge in [-0.05, 0) is 46.9 Å². The highest BCUT2D eigenvalue weighted by atomic mass is 127. The first-order chi connectivity index (χ1) is 10.3. The van der Waals surface area contributed by atoms with E-state index >= 15 is 0 Å². The number of halogens is 4. The van der Waals surface area contributed by atoms with Crippen molar-refractivity contribution < 1.29 is 23.0 Å². The molecule has 2 aromatic rings. The summed E-state index contributed by atoms with van der Waals surface area (Å²) in [5.41, 5.74) is 3.51. The van der Waals surface area contributed by atoms with Crippen LogP contribution in [0, 0.1) is 3.57 Å². The van der Waals surface area contributed by atoms with Gasteiger partial charge in [-0.2, -0.15) is 5.10 Å². The van der Waals surface area contributed by atoms with Gasteiger partial charge >= 0.3 is 6.36 Å². The number of benzene rings is 2. The molecule has 0 heterocycles. The lowest BCUT2D eigenvalue weighted by molar-refractivity contribution is -0.274. The molecule has 8 heteroatoms. The summed E-state index contributed by atoms with van der Waals surface area (Å²) in [4.78, 5) is 0. The topological polar surface area (TPSA) is 53.9 Å². The Morgan fingerprint density at radius 2 is 1.86 bits per heavy atom. The average Bonchev–Trinajstić information content (AvgIpc) is 2.43. The van der Waals surface area contributed by atoms with Gasteiger partial charge in [-0.3, -0.25) is 5.43 Å². The summed E-state index contributed by atoms with van der Waals surface area (Å²) in [7, 11) is 0. The first-order valence-electron chi connectivity index (χ1n) is 5.97. The van der Waals surface area contributed by atoms with Crippen LogP contribution in [-0.4, -0.2) is 17.7 Å². The van der Waals surface area contributed by atoms with E-state index in [4.69, 9.17) is 0 Å². The summed E-state index contributed by atoms with van der Waals surface area (Å²) in [5, 5.41) is 13.7. The Kier molecular flexibility index (Phi) is 5.11. The van der Waals surface area contributed by atoms with E-state index < -0.39 is 12.1 Å². The number of alkyl halides is 3. The Morgan fingerprint density at radius 3 is 2.50 bits per heavy atom. The Bertz CT molecular complexity index is 676. The van der Waals surface area contributed by atoms with E-state index in [-0.39, 0.29) is 14.9 Å². The lowest BCUT2D eigenvalue weighted by Gasteiger charge is -2.11. The number of anilines is 1. The molecule has 0 aliphatic carbocycles. The molecule has 22 heavy (non-hydrogen) atoms. The summed E-state index contributed by atoms with van der Waals surface area (Å²) >= 11 is 1.71. The number of aromatic hydroxyl groups is 1. The molecule has 0 saturated carbocycles. The molecular formula is C14H10F3IN2O2. The van der Waals surface area contributed by atoms with Crippen molar-refractivity contribution in [3.8, 4) is 11.5 Å². The Hall–Kier alpha value is -1.97. The number of nitrogens with one attached hydrogen (secondary N) is 1. The highest BCUT2D eigenvalue weighted by Crippen LogP contribution is 2.31. The molecule has 0 amide bonds. The maximum Gasteiger partial charge on any atom is 0.573 e. The van der Waals surface area contributed by atoms with Crippen LogP contribution in [-0.2, 0) is 0 Å². The quantitative estimate of drug-likeness (QED) is 0.438. The molecule has 0 aliphatic rings. The molecular weight excluding hydrogens is 412 g/mol. The molecule has 0 fully saturated rings. The van der Waals surface area contributed by atoms with Gasteiger partial charge in [0.15, 0.2) is 0 Å². The van der Waals surface area contributed by atoms with Gasteiger partial charge in [0.05, 0.1) is 15.5 Å². The highest BCUT2D eigenvalue weighted by molar-refractivity contribution is 14.1. The van der Waals surface area contributed by atoms with Crippen LogP contribution in [0.5, 0.6) is 11.5 Å². The number of para-hydroxylation sites is 1. The smallest absolute Gasteiger partial charge is 0.506 e. The van der Waals surface area contributed by atoms with E-state index in [1.165, 1.54) is 6.21 Å². The minimum absolute atomic E-state index is 0.106. The molecule has 0 saturated heterocycles. The van der Waals surface area contributed by atoms with Crippen molar-refractivity contribution in [2.75, 3.05) is 5.43 Å². The molecule has 116 valence electrons. The number of ether oxygens (including phenoxy) is 1. The first-order valence-corrected chi connectivity index (χ1v) is 7.05. The van der Waals surface area contributed by atoms with Crippen LogP contribution in [0.25, 0.3) is 0 Å². The van der Waals surface area contributed by atoms with Crippen LogP contribution in [0.2, 0.25) is 0 Å². The summed E-state index contributed by atoms with van der Waals surface area (Å²) in [6, 6.07) is 11.1. The molecule has 0 bridgehead atoms. The Labute approximate surface area is 137 Å². The van der Waals surface area contributed by atoms with E-state index in [0.29, 0.717) is 5.69 Å². The van der Waals surface area contributed by atoms with E-state index in [2.05, 4.69) is 15.3 Å². The first kappa shape index (κ1) is 16.4. The number of hydrazone groups is 1. The van der Waals surface area contributed by atoms with Crippen molar-refractivity contribution in [2.45, 2.75) is 6.36 Å². The average molecular weight is 422 g/mol. The zero-order chi connectivity index (χ0) is 16.2. The molecule has 0 spiro atoms. The largest absolute Gasteiger partial charge is 0.573 e. The molecule has 0 aromatic heterocycles. The molecule has 0 aliphatic heterocycles. The SMILES string of the molecule is Oc1c(I)cc(OC(F)(F)F)cc1C=NNc1ccccc1.